The molecule has 3 heterocycles. The predicted octanol–water partition coefficient (Wildman–Crippen LogP) is 2.54. The van der Waals surface area contributed by atoms with Crippen molar-refractivity contribution in [2.24, 2.45) is 4.99 Å². The number of nitrogens with one attached hydrogen (secondary N) is 2. The van der Waals surface area contributed by atoms with Crippen molar-refractivity contribution >= 4 is 11.6 Å². The average molecular weight is 379 g/mol. The molecule has 2 aromatic heterocycles. The molecule has 2 N–H and O–H groups in total. The lowest BCUT2D eigenvalue weighted by Crippen LogP contribution is -2.45. The summed E-state index contributed by atoms with van der Waals surface area (Å²) >= 11 is 0. The molecule has 0 saturated heterocycles. The van der Waals surface area contributed by atoms with Gasteiger partial charge in [-0.15, -0.1) is 0 Å². The van der Waals surface area contributed by atoms with Crippen LogP contribution in [-0.2, 0) is 6.54 Å². The molecule has 0 spiro atoms. The number of rotatable bonds is 5. The van der Waals surface area contributed by atoms with Crippen molar-refractivity contribution in [2.45, 2.75) is 26.5 Å². The zero-order valence-corrected chi connectivity index (χ0v) is 16.2. The molecule has 146 valence electrons. The number of benzene rings is 1. The normalized spacial score (nSPS) is 16.2. The van der Waals surface area contributed by atoms with Crippen molar-refractivity contribution in [3.63, 3.8) is 0 Å². The lowest BCUT2D eigenvalue weighted by atomic mass is 10.2. The number of aliphatic imine (C=N–C) groups is 1. The first-order chi connectivity index (χ1) is 13.7. The van der Waals surface area contributed by atoms with Crippen molar-refractivity contribution < 1.29 is 9.47 Å². The molecular formula is C21H25N5O2. The molecule has 28 heavy (non-hydrogen) atoms. The van der Waals surface area contributed by atoms with Crippen molar-refractivity contribution in [2.75, 3.05) is 19.7 Å². The third-order valence-corrected chi connectivity index (χ3v) is 4.55. The molecule has 4 rings (SSSR count). The Kier molecular flexibility index (Phi) is 5.32. The monoisotopic (exact) mass is 379 g/mol. The highest BCUT2D eigenvalue weighted by atomic mass is 16.6. The van der Waals surface area contributed by atoms with E-state index >= 15 is 0 Å². The van der Waals surface area contributed by atoms with Crippen LogP contribution in [-0.4, -0.2) is 41.1 Å². The van der Waals surface area contributed by atoms with Gasteiger partial charge in [-0.05, 0) is 38.1 Å². The quantitative estimate of drug-likeness (QED) is 0.527. The van der Waals surface area contributed by atoms with Crippen molar-refractivity contribution in [3.8, 4) is 11.5 Å². The van der Waals surface area contributed by atoms with Gasteiger partial charge in [-0.25, -0.2) is 9.98 Å². The maximum absolute atomic E-state index is 5.99. The lowest BCUT2D eigenvalue weighted by Gasteiger charge is -2.27. The zero-order valence-electron chi connectivity index (χ0n) is 16.2. The van der Waals surface area contributed by atoms with Crippen molar-refractivity contribution in [1.82, 2.24) is 20.0 Å². The summed E-state index contributed by atoms with van der Waals surface area (Å²) in [4.78, 5) is 9.30. The summed E-state index contributed by atoms with van der Waals surface area (Å²) < 4.78 is 13.8. The second-order valence-electron chi connectivity index (χ2n) is 6.70. The first-order valence-corrected chi connectivity index (χ1v) is 9.57. The Bertz CT molecular complexity index is 982. The van der Waals surface area contributed by atoms with E-state index < -0.39 is 0 Å². The van der Waals surface area contributed by atoms with Crippen LogP contribution in [0.3, 0.4) is 0 Å². The first-order valence-electron chi connectivity index (χ1n) is 9.57. The van der Waals surface area contributed by atoms with Crippen LogP contribution >= 0.6 is 0 Å². The van der Waals surface area contributed by atoms with E-state index in [9.17, 15) is 0 Å². The van der Waals surface area contributed by atoms with Crippen LogP contribution in [0.25, 0.3) is 5.65 Å². The van der Waals surface area contributed by atoms with Gasteiger partial charge in [0.05, 0.1) is 18.8 Å². The molecule has 1 aromatic carbocycles. The van der Waals surface area contributed by atoms with Gasteiger partial charge in [-0.2, -0.15) is 0 Å². The van der Waals surface area contributed by atoms with Gasteiger partial charge < -0.3 is 24.5 Å². The second kappa shape index (κ2) is 8.21. The summed E-state index contributed by atoms with van der Waals surface area (Å²) in [5, 5.41) is 6.60. The van der Waals surface area contributed by atoms with Gasteiger partial charge in [0.1, 0.15) is 18.4 Å². The topological polar surface area (TPSA) is 72.2 Å². The number of aromatic nitrogens is 2. The van der Waals surface area contributed by atoms with Crippen molar-refractivity contribution in [1.29, 1.82) is 0 Å². The SMILES string of the molecule is CCNC(=NCc1cn2c(C)cccc2n1)NCC1COc2ccccc2O1. The van der Waals surface area contributed by atoms with E-state index in [4.69, 9.17) is 9.47 Å². The highest BCUT2D eigenvalue weighted by Crippen LogP contribution is 2.30. The third-order valence-electron chi connectivity index (χ3n) is 4.55. The van der Waals surface area contributed by atoms with Crippen LogP contribution in [0.15, 0.2) is 53.7 Å². The fraction of sp³-hybridized carbons (Fsp3) is 0.333. The van der Waals surface area contributed by atoms with Gasteiger partial charge in [-0.3, -0.25) is 0 Å². The van der Waals surface area contributed by atoms with E-state index in [1.165, 1.54) is 0 Å². The summed E-state index contributed by atoms with van der Waals surface area (Å²) in [6, 6.07) is 13.8. The minimum Gasteiger partial charge on any atom is -0.486 e. The first kappa shape index (κ1) is 18.2. The molecule has 0 aliphatic carbocycles. The van der Waals surface area contributed by atoms with E-state index in [0.29, 0.717) is 19.7 Å². The molecule has 7 nitrogen and oxygen atoms in total. The molecule has 0 amide bonds. The number of para-hydroxylation sites is 2. The summed E-state index contributed by atoms with van der Waals surface area (Å²) in [6.45, 7) is 6.50. The Morgan fingerprint density at radius 2 is 2.04 bits per heavy atom. The standard InChI is InChI=1S/C21H25N5O2/c1-3-22-21(23-11-16-13-26-15(2)7-6-10-20(26)25-16)24-12-17-14-27-18-8-4-5-9-19(18)28-17/h4-10,13,17H,3,11-12,14H2,1-2H3,(H2,22,23,24). The van der Waals surface area contributed by atoms with E-state index in [0.717, 1.165) is 41.0 Å². The second-order valence-corrected chi connectivity index (χ2v) is 6.70. The van der Waals surface area contributed by atoms with Gasteiger partial charge in [0.25, 0.3) is 0 Å². The number of imidazole rings is 1. The smallest absolute Gasteiger partial charge is 0.191 e. The maximum atomic E-state index is 5.99. The Hall–Kier alpha value is -3.22. The third kappa shape index (κ3) is 4.03. The molecule has 0 fully saturated rings. The summed E-state index contributed by atoms with van der Waals surface area (Å²) in [5.41, 5.74) is 3.02. The van der Waals surface area contributed by atoms with Gasteiger partial charge in [0, 0.05) is 18.4 Å². The van der Waals surface area contributed by atoms with Crippen molar-refractivity contribution in [3.05, 3.63) is 60.0 Å². The Balaban J connectivity index is 1.38. The Morgan fingerprint density at radius 3 is 2.86 bits per heavy atom. The molecule has 1 unspecified atom stereocenters. The molecule has 0 bridgehead atoms. The highest BCUT2D eigenvalue weighted by Gasteiger charge is 2.20. The van der Waals surface area contributed by atoms with E-state index in [1.807, 2.05) is 49.5 Å². The van der Waals surface area contributed by atoms with Crippen LogP contribution in [0.4, 0.5) is 0 Å². The predicted molar refractivity (Wildman–Crippen MR) is 109 cm³/mol. The molecule has 0 saturated carbocycles. The molecule has 1 aliphatic heterocycles. The Labute approximate surface area is 164 Å². The zero-order chi connectivity index (χ0) is 19.3. The maximum Gasteiger partial charge on any atom is 0.191 e. The minimum atomic E-state index is -0.0726. The van der Waals surface area contributed by atoms with Crippen LogP contribution in [0.5, 0.6) is 11.5 Å². The molecule has 1 atom stereocenters. The number of hydrogen-bond acceptors (Lipinski definition) is 4. The number of nitrogens with zero attached hydrogens (tertiary/aromatic N) is 3. The van der Waals surface area contributed by atoms with Crippen LogP contribution in [0.2, 0.25) is 0 Å². The van der Waals surface area contributed by atoms with E-state index in [-0.39, 0.29) is 6.10 Å². The number of aryl methyl sites for hydroxylation is 1. The summed E-state index contributed by atoms with van der Waals surface area (Å²) in [7, 11) is 0. The molecule has 1 aliphatic rings. The fourth-order valence-corrected chi connectivity index (χ4v) is 3.15. The fourth-order valence-electron chi connectivity index (χ4n) is 3.15. The molecule has 3 aromatic rings. The van der Waals surface area contributed by atoms with E-state index in [1.54, 1.807) is 0 Å². The molecule has 7 heteroatoms. The lowest BCUT2D eigenvalue weighted by molar-refractivity contribution is 0.0936. The average Bonchev–Trinajstić information content (AvgIpc) is 3.14. The van der Waals surface area contributed by atoms with E-state index in [2.05, 4.69) is 38.0 Å². The Morgan fingerprint density at radius 1 is 1.18 bits per heavy atom. The van der Waals surface area contributed by atoms with Crippen LogP contribution in [0.1, 0.15) is 18.3 Å². The summed E-state index contributed by atoms with van der Waals surface area (Å²) in [5.74, 6) is 2.31. The number of hydrogen-bond donors (Lipinski definition) is 2. The van der Waals surface area contributed by atoms with Gasteiger partial charge >= 0.3 is 0 Å². The minimum absolute atomic E-state index is 0.0726. The number of ether oxygens (including phenoxy) is 2. The van der Waals surface area contributed by atoms with Crippen LogP contribution < -0.4 is 20.1 Å². The summed E-state index contributed by atoms with van der Waals surface area (Å²) in [6.07, 6.45) is 1.96. The number of guanidine groups is 1. The number of fused-ring (bicyclic) bond motifs is 2. The highest BCUT2D eigenvalue weighted by molar-refractivity contribution is 5.79. The van der Waals surface area contributed by atoms with Gasteiger partial charge in [0.2, 0.25) is 0 Å². The van der Waals surface area contributed by atoms with Gasteiger partial charge in [0.15, 0.2) is 17.5 Å². The largest absolute Gasteiger partial charge is 0.486 e. The van der Waals surface area contributed by atoms with Gasteiger partial charge in [-0.1, -0.05) is 18.2 Å². The molecular weight excluding hydrogens is 354 g/mol. The number of pyridine rings is 1. The van der Waals surface area contributed by atoms with Crippen LogP contribution in [0, 0.1) is 6.92 Å². The molecule has 0 radical (unpaired) electrons.